The molecule has 10 heteroatoms. The highest BCUT2D eigenvalue weighted by Crippen LogP contribution is 2.23. The first kappa shape index (κ1) is 23.5. The lowest BCUT2D eigenvalue weighted by Crippen LogP contribution is -2.02. The summed E-state index contributed by atoms with van der Waals surface area (Å²) in [5.41, 5.74) is 1.92. The number of hydrogen-bond donors (Lipinski definition) is 4. The molecule has 2 aromatic carbocycles. The fourth-order valence-corrected chi connectivity index (χ4v) is 3.57. The number of aryl methyl sites for hydroxylation is 1. The fraction of sp³-hybridized carbons (Fsp3) is 0.111. The van der Waals surface area contributed by atoms with E-state index in [2.05, 4.69) is 11.9 Å². The highest BCUT2D eigenvalue weighted by Gasteiger charge is 2.15. The average Bonchev–Trinajstić information content (AvgIpc) is 2.63. The number of aliphatic hydroxyl groups excluding tert-OH is 1. The summed E-state index contributed by atoms with van der Waals surface area (Å²) in [5.74, 6) is 0. The molecule has 28 heavy (non-hydrogen) atoms. The Bertz CT molecular complexity index is 1090. The Labute approximate surface area is 164 Å². The standard InChI is InChI=1S/C17H17NO6S2.CH4O/c1-3-13-9-12(2)17(26(22,23)24)10-14(13)7-8-18-15-5-4-6-16(11-15)25(19,20)21;1-2/h3-11,18H,1H2,2H3,(H,19,20,21)(H,22,23,24);2H,1H3/b8-7-;. The number of hydrogen-bond acceptors (Lipinski definition) is 6. The van der Waals surface area contributed by atoms with Gasteiger partial charge in [-0.2, -0.15) is 16.8 Å². The zero-order chi connectivity index (χ0) is 21.5. The Hall–Kier alpha value is -2.50. The lowest BCUT2D eigenvalue weighted by Gasteiger charge is -2.08. The quantitative estimate of drug-likeness (QED) is 0.516. The van der Waals surface area contributed by atoms with Crippen LogP contribution >= 0.6 is 0 Å². The Kier molecular flexibility index (Phi) is 8.09. The van der Waals surface area contributed by atoms with E-state index in [1.54, 1.807) is 31.2 Å². The number of rotatable bonds is 6. The van der Waals surface area contributed by atoms with Crippen molar-refractivity contribution < 1.29 is 31.0 Å². The first-order chi connectivity index (χ1) is 13.0. The summed E-state index contributed by atoms with van der Waals surface area (Å²) in [6.07, 6.45) is 4.55. The van der Waals surface area contributed by atoms with E-state index >= 15 is 0 Å². The van der Waals surface area contributed by atoms with Crippen LogP contribution < -0.4 is 5.32 Å². The maximum Gasteiger partial charge on any atom is 0.294 e. The van der Waals surface area contributed by atoms with Crippen LogP contribution in [0.1, 0.15) is 16.7 Å². The van der Waals surface area contributed by atoms with Crippen molar-refractivity contribution in [1.82, 2.24) is 0 Å². The molecule has 0 aliphatic rings. The Morgan fingerprint density at radius 2 is 1.61 bits per heavy atom. The first-order valence-electron chi connectivity index (χ1n) is 7.72. The third kappa shape index (κ3) is 6.29. The van der Waals surface area contributed by atoms with Crippen molar-refractivity contribution in [2.45, 2.75) is 16.7 Å². The van der Waals surface area contributed by atoms with Crippen LogP contribution in [0, 0.1) is 6.92 Å². The second-order valence-corrected chi connectivity index (χ2v) is 8.22. The Balaban J connectivity index is 0.00000190. The molecule has 8 nitrogen and oxygen atoms in total. The van der Waals surface area contributed by atoms with Crippen molar-refractivity contribution in [1.29, 1.82) is 0 Å². The molecule has 0 heterocycles. The molecule has 0 saturated heterocycles. The van der Waals surface area contributed by atoms with Crippen LogP contribution in [0.4, 0.5) is 5.69 Å². The van der Waals surface area contributed by atoms with E-state index in [4.69, 9.17) is 9.66 Å². The van der Waals surface area contributed by atoms with Gasteiger partial charge in [-0.15, -0.1) is 0 Å². The normalized spacial score (nSPS) is 11.6. The summed E-state index contributed by atoms with van der Waals surface area (Å²) in [4.78, 5) is -0.470. The SMILES string of the molecule is C=Cc1cc(C)c(S(=O)(=O)O)cc1/C=C\Nc1cccc(S(=O)(=O)O)c1.CO. The molecular weight excluding hydrogens is 406 g/mol. The van der Waals surface area contributed by atoms with Crippen molar-refractivity contribution in [2.75, 3.05) is 12.4 Å². The highest BCUT2D eigenvalue weighted by molar-refractivity contribution is 7.86. The van der Waals surface area contributed by atoms with Gasteiger partial charge in [0, 0.05) is 19.0 Å². The van der Waals surface area contributed by atoms with Crippen molar-refractivity contribution in [3.05, 3.63) is 65.9 Å². The molecule has 0 bridgehead atoms. The van der Waals surface area contributed by atoms with Gasteiger partial charge in [0.05, 0.1) is 9.79 Å². The summed E-state index contributed by atoms with van der Waals surface area (Å²) in [6, 6.07) is 8.43. The van der Waals surface area contributed by atoms with E-state index in [1.807, 2.05) is 0 Å². The van der Waals surface area contributed by atoms with Crippen LogP contribution in [0.25, 0.3) is 12.2 Å². The fourth-order valence-electron chi connectivity index (χ4n) is 2.30. The number of benzene rings is 2. The molecule has 0 saturated carbocycles. The molecule has 0 unspecified atom stereocenters. The zero-order valence-corrected chi connectivity index (χ0v) is 16.8. The molecule has 152 valence electrons. The number of nitrogens with one attached hydrogen (secondary N) is 1. The molecule has 0 aliphatic heterocycles. The van der Waals surface area contributed by atoms with E-state index in [1.165, 1.54) is 30.5 Å². The highest BCUT2D eigenvalue weighted by atomic mass is 32.2. The van der Waals surface area contributed by atoms with Gasteiger partial charge >= 0.3 is 0 Å². The van der Waals surface area contributed by atoms with Gasteiger partial charge in [0.1, 0.15) is 0 Å². The van der Waals surface area contributed by atoms with Gasteiger partial charge in [-0.05, 0) is 54.0 Å². The molecule has 2 aromatic rings. The van der Waals surface area contributed by atoms with E-state index in [0.717, 1.165) is 7.11 Å². The predicted molar refractivity (Wildman–Crippen MR) is 108 cm³/mol. The van der Waals surface area contributed by atoms with Crippen LogP contribution in [0.15, 0.2) is 59.0 Å². The zero-order valence-electron chi connectivity index (χ0n) is 15.2. The van der Waals surface area contributed by atoms with Gasteiger partial charge in [-0.1, -0.05) is 24.8 Å². The molecular formula is C18H21NO7S2. The first-order valence-corrected chi connectivity index (χ1v) is 10.6. The van der Waals surface area contributed by atoms with Crippen LogP contribution in [0.5, 0.6) is 0 Å². The number of anilines is 1. The lowest BCUT2D eigenvalue weighted by atomic mass is 10.0. The van der Waals surface area contributed by atoms with Crippen LogP contribution in [-0.4, -0.2) is 38.2 Å². The minimum Gasteiger partial charge on any atom is -0.400 e. The van der Waals surface area contributed by atoms with Gasteiger partial charge in [0.25, 0.3) is 20.2 Å². The largest absolute Gasteiger partial charge is 0.400 e. The summed E-state index contributed by atoms with van der Waals surface area (Å²) >= 11 is 0. The van der Waals surface area contributed by atoms with Crippen LogP contribution in [0.3, 0.4) is 0 Å². The molecule has 0 aliphatic carbocycles. The molecule has 0 amide bonds. The summed E-state index contributed by atoms with van der Waals surface area (Å²) in [6.45, 7) is 5.23. The molecule has 0 aromatic heterocycles. The van der Waals surface area contributed by atoms with E-state index in [9.17, 15) is 21.4 Å². The maximum atomic E-state index is 11.4. The van der Waals surface area contributed by atoms with Gasteiger partial charge in [-0.25, -0.2) is 0 Å². The van der Waals surface area contributed by atoms with Gasteiger partial charge < -0.3 is 10.4 Å². The molecule has 0 radical (unpaired) electrons. The minimum atomic E-state index is -4.36. The summed E-state index contributed by atoms with van der Waals surface area (Å²) < 4.78 is 63.5. The van der Waals surface area contributed by atoms with Crippen molar-refractivity contribution in [3.63, 3.8) is 0 Å². The lowest BCUT2D eigenvalue weighted by molar-refractivity contribution is 0.399. The second kappa shape index (κ2) is 9.62. The molecule has 2 rings (SSSR count). The van der Waals surface area contributed by atoms with E-state index in [-0.39, 0.29) is 9.79 Å². The minimum absolute atomic E-state index is 0.212. The van der Waals surface area contributed by atoms with E-state index in [0.29, 0.717) is 22.4 Å². The topological polar surface area (TPSA) is 141 Å². The average molecular weight is 428 g/mol. The maximum absolute atomic E-state index is 11.4. The van der Waals surface area contributed by atoms with Crippen molar-refractivity contribution >= 4 is 38.1 Å². The van der Waals surface area contributed by atoms with Gasteiger partial charge in [0.2, 0.25) is 0 Å². The molecule has 0 fully saturated rings. The monoisotopic (exact) mass is 427 g/mol. The molecule has 4 N–H and O–H groups in total. The molecule has 0 spiro atoms. The molecule has 0 atom stereocenters. The third-order valence-corrected chi connectivity index (χ3v) is 5.37. The summed E-state index contributed by atoms with van der Waals surface area (Å²) in [7, 11) is -7.67. The van der Waals surface area contributed by atoms with Crippen molar-refractivity contribution in [2.24, 2.45) is 0 Å². The smallest absolute Gasteiger partial charge is 0.294 e. The summed E-state index contributed by atoms with van der Waals surface area (Å²) in [5, 5.41) is 9.83. The van der Waals surface area contributed by atoms with E-state index < -0.39 is 20.2 Å². The van der Waals surface area contributed by atoms with Gasteiger partial charge in [0.15, 0.2) is 0 Å². The van der Waals surface area contributed by atoms with Crippen molar-refractivity contribution in [3.8, 4) is 0 Å². The number of aliphatic hydroxyl groups is 1. The third-order valence-electron chi connectivity index (χ3n) is 3.52. The van der Waals surface area contributed by atoms with Crippen LogP contribution in [-0.2, 0) is 20.2 Å². The Morgan fingerprint density at radius 3 is 2.14 bits per heavy atom. The second-order valence-electron chi connectivity index (χ2n) is 5.41. The predicted octanol–water partition coefficient (Wildman–Crippen LogP) is 2.82. The Morgan fingerprint density at radius 1 is 0.964 bits per heavy atom. The van der Waals surface area contributed by atoms with Crippen LogP contribution in [0.2, 0.25) is 0 Å². The van der Waals surface area contributed by atoms with Gasteiger partial charge in [-0.3, -0.25) is 9.11 Å².